The van der Waals surface area contributed by atoms with Gasteiger partial charge in [-0.1, -0.05) is 26.0 Å². The van der Waals surface area contributed by atoms with Crippen molar-refractivity contribution in [1.82, 2.24) is 5.32 Å². The van der Waals surface area contributed by atoms with Gasteiger partial charge in [0.2, 0.25) is 0 Å². The minimum absolute atomic E-state index is 0. The second kappa shape index (κ2) is 8.50. The lowest BCUT2D eigenvalue weighted by Crippen LogP contribution is -2.31. The molecule has 1 fully saturated rings. The van der Waals surface area contributed by atoms with Crippen molar-refractivity contribution in [3.05, 3.63) is 35.1 Å². The lowest BCUT2D eigenvalue weighted by molar-refractivity contribution is 0.0894. The summed E-state index contributed by atoms with van der Waals surface area (Å²) in [5.74, 6) is 0.480. The van der Waals surface area contributed by atoms with E-state index in [1.54, 1.807) is 12.1 Å². The van der Waals surface area contributed by atoms with E-state index >= 15 is 0 Å². The molecule has 1 saturated heterocycles. The molecule has 0 bridgehead atoms. The predicted octanol–water partition coefficient (Wildman–Crippen LogP) is 4.02. The molecule has 0 unspecified atom stereocenters. The standard InChI is InChI=1S/C17H24FNO.ClH/c1-12(2)3-4-13-5-6-15(11-16(13)18)17(20)14-7-9-19-10-8-14;/h5-6,11-12,14,19H,3-4,7-10H2,1-2H3;1H. The van der Waals surface area contributed by atoms with Gasteiger partial charge in [0.15, 0.2) is 5.78 Å². The number of hydrogen-bond donors (Lipinski definition) is 1. The molecule has 0 aromatic heterocycles. The number of rotatable bonds is 5. The van der Waals surface area contributed by atoms with Gasteiger partial charge in [-0.25, -0.2) is 4.39 Å². The number of carbonyl (C=O) groups is 1. The zero-order valence-corrected chi connectivity index (χ0v) is 13.6. The van der Waals surface area contributed by atoms with E-state index in [1.165, 1.54) is 6.07 Å². The minimum Gasteiger partial charge on any atom is -0.317 e. The number of nitrogens with one attached hydrogen (secondary N) is 1. The molecule has 2 nitrogen and oxygen atoms in total. The summed E-state index contributed by atoms with van der Waals surface area (Å²) in [5.41, 5.74) is 1.25. The van der Waals surface area contributed by atoms with Crippen LogP contribution in [-0.4, -0.2) is 18.9 Å². The van der Waals surface area contributed by atoms with Gasteiger partial charge in [-0.15, -0.1) is 12.4 Å². The highest BCUT2D eigenvalue weighted by atomic mass is 35.5. The molecule has 2 rings (SSSR count). The van der Waals surface area contributed by atoms with Gasteiger partial charge in [0, 0.05) is 11.5 Å². The van der Waals surface area contributed by atoms with Crippen LogP contribution in [0, 0.1) is 17.7 Å². The molecule has 0 saturated carbocycles. The molecule has 1 aromatic carbocycles. The number of benzene rings is 1. The number of ketones is 1. The largest absolute Gasteiger partial charge is 0.317 e. The molecule has 1 aliphatic rings. The average molecular weight is 314 g/mol. The molecule has 118 valence electrons. The summed E-state index contributed by atoms with van der Waals surface area (Å²) in [7, 11) is 0. The molecule has 0 amide bonds. The molecule has 0 spiro atoms. The number of Topliss-reactive ketones (excluding diaryl/α,β-unsaturated/α-hetero) is 1. The summed E-state index contributed by atoms with van der Waals surface area (Å²) in [6.07, 6.45) is 3.43. The van der Waals surface area contributed by atoms with Crippen molar-refractivity contribution in [2.24, 2.45) is 11.8 Å². The van der Waals surface area contributed by atoms with E-state index < -0.39 is 0 Å². The molecule has 0 atom stereocenters. The Balaban J connectivity index is 0.00000220. The fourth-order valence-electron chi connectivity index (χ4n) is 2.67. The van der Waals surface area contributed by atoms with E-state index in [0.29, 0.717) is 11.5 Å². The summed E-state index contributed by atoms with van der Waals surface area (Å²) in [5, 5.41) is 3.24. The summed E-state index contributed by atoms with van der Waals surface area (Å²) in [4.78, 5) is 12.3. The Labute approximate surface area is 132 Å². The van der Waals surface area contributed by atoms with Gasteiger partial charge in [0.05, 0.1) is 0 Å². The first-order chi connectivity index (χ1) is 9.58. The fraction of sp³-hybridized carbons (Fsp3) is 0.588. The van der Waals surface area contributed by atoms with E-state index in [-0.39, 0.29) is 29.9 Å². The lowest BCUT2D eigenvalue weighted by Gasteiger charge is -2.21. The third kappa shape index (κ3) is 5.08. The Morgan fingerprint density at radius 1 is 1.33 bits per heavy atom. The Bertz CT molecular complexity index is 470. The van der Waals surface area contributed by atoms with Gasteiger partial charge < -0.3 is 5.32 Å². The normalized spacial score (nSPS) is 15.8. The van der Waals surface area contributed by atoms with E-state index in [0.717, 1.165) is 44.3 Å². The van der Waals surface area contributed by atoms with Crippen LogP contribution in [0.4, 0.5) is 4.39 Å². The summed E-state index contributed by atoms with van der Waals surface area (Å²) >= 11 is 0. The second-order valence-electron chi connectivity index (χ2n) is 6.13. The number of aryl methyl sites for hydroxylation is 1. The van der Waals surface area contributed by atoms with Gasteiger partial charge in [0.1, 0.15) is 5.82 Å². The Hall–Kier alpha value is -0.930. The van der Waals surface area contributed by atoms with Crippen molar-refractivity contribution in [2.75, 3.05) is 13.1 Å². The molecule has 0 aliphatic carbocycles. The number of piperidine rings is 1. The van der Waals surface area contributed by atoms with E-state index in [2.05, 4.69) is 19.2 Å². The van der Waals surface area contributed by atoms with E-state index in [1.807, 2.05) is 0 Å². The maximum Gasteiger partial charge on any atom is 0.166 e. The second-order valence-corrected chi connectivity index (χ2v) is 6.13. The van der Waals surface area contributed by atoms with Gasteiger partial charge in [-0.05, 0) is 56.3 Å². The summed E-state index contributed by atoms with van der Waals surface area (Å²) in [6, 6.07) is 5.01. The van der Waals surface area contributed by atoms with E-state index in [9.17, 15) is 9.18 Å². The van der Waals surface area contributed by atoms with Gasteiger partial charge in [-0.3, -0.25) is 4.79 Å². The van der Waals surface area contributed by atoms with Crippen molar-refractivity contribution in [3.63, 3.8) is 0 Å². The van der Waals surface area contributed by atoms with Crippen LogP contribution in [0.25, 0.3) is 0 Å². The van der Waals surface area contributed by atoms with Crippen molar-refractivity contribution in [3.8, 4) is 0 Å². The van der Waals surface area contributed by atoms with Crippen LogP contribution in [0.1, 0.15) is 49.0 Å². The molecular formula is C17H25ClFNO. The highest BCUT2D eigenvalue weighted by molar-refractivity contribution is 5.98. The predicted molar refractivity (Wildman–Crippen MR) is 86.7 cm³/mol. The first-order valence-electron chi connectivity index (χ1n) is 7.61. The summed E-state index contributed by atoms with van der Waals surface area (Å²) in [6.45, 7) is 6.02. The van der Waals surface area contributed by atoms with Crippen LogP contribution in [-0.2, 0) is 6.42 Å². The van der Waals surface area contributed by atoms with Crippen LogP contribution in [0.15, 0.2) is 18.2 Å². The molecule has 1 heterocycles. The van der Waals surface area contributed by atoms with Crippen LogP contribution in [0.3, 0.4) is 0 Å². The van der Waals surface area contributed by atoms with Gasteiger partial charge in [0.25, 0.3) is 0 Å². The molecule has 21 heavy (non-hydrogen) atoms. The Kier molecular flexibility index (Phi) is 7.33. The SMILES string of the molecule is CC(C)CCc1ccc(C(=O)C2CCNCC2)cc1F.Cl. The quantitative estimate of drug-likeness (QED) is 0.832. The maximum absolute atomic E-state index is 14.1. The molecule has 1 aliphatic heterocycles. The first-order valence-corrected chi connectivity index (χ1v) is 7.61. The minimum atomic E-state index is -0.231. The number of hydrogen-bond acceptors (Lipinski definition) is 2. The van der Waals surface area contributed by atoms with Crippen LogP contribution >= 0.6 is 12.4 Å². The zero-order valence-electron chi connectivity index (χ0n) is 12.8. The number of halogens is 2. The topological polar surface area (TPSA) is 29.1 Å². The summed E-state index contributed by atoms with van der Waals surface area (Å²) < 4.78 is 14.1. The molecular weight excluding hydrogens is 289 g/mol. The van der Waals surface area contributed by atoms with Crippen LogP contribution in [0.5, 0.6) is 0 Å². The van der Waals surface area contributed by atoms with Crippen LogP contribution in [0.2, 0.25) is 0 Å². The van der Waals surface area contributed by atoms with Crippen molar-refractivity contribution < 1.29 is 9.18 Å². The van der Waals surface area contributed by atoms with E-state index in [4.69, 9.17) is 0 Å². The van der Waals surface area contributed by atoms with Crippen LogP contribution < -0.4 is 5.32 Å². The maximum atomic E-state index is 14.1. The first kappa shape index (κ1) is 18.1. The Morgan fingerprint density at radius 3 is 2.57 bits per heavy atom. The lowest BCUT2D eigenvalue weighted by atomic mass is 9.89. The molecule has 4 heteroatoms. The van der Waals surface area contributed by atoms with Crippen molar-refractivity contribution in [2.45, 2.75) is 39.5 Å². The highest BCUT2D eigenvalue weighted by Gasteiger charge is 2.22. The fourth-order valence-corrected chi connectivity index (χ4v) is 2.67. The smallest absolute Gasteiger partial charge is 0.166 e. The molecule has 1 aromatic rings. The third-order valence-electron chi connectivity index (χ3n) is 4.04. The average Bonchev–Trinajstić information content (AvgIpc) is 2.46. The Morgan fingerprint density at radius 2 is 2.00 bits per heavy atom. The third-order valence-corrected chi connectivity index (χ3v) is 4.04. The van der Waals surface area contributed by atoms with Crippen molar-refractivity contribution in [1.29, 1.82) is 0 Å². The molecule has 1 N–H and O–H groups in total. The highest BCUT2D eigenvalue weighted by Crippen LogP contribution is 2.21. The number of carbonyl (C=O) groups excluding carboxylic acids is 1. The van der Waals surface area contributed by atoms with Gasteiger partial charge >= 0.3 is 0 Å². The zero-order chi connectivity index (χ0) is 14.5. The monoisotopic (exact) mass is 313 g/mol. The van der Waals surface area contributed by atoms with Gasteiger partial charge in [-0.2, -0.15) is 0 Å². The molecule has 0 radical (unpaired) electrons. The van der Waals surface area contributed by atoms with Crippen molar-refractivity contribution >= 4 is 18.2 Å².